The summed E-state index contributed by atoms with van der Waals surface area (Å²) in [5.74, 6) is 1.57. The number of amides is 1. The van der Waals surface area contributed by atoms with Gasteiger partial charge in [0.2, 0.25) is 5.88 Å². The van der Waals surface area contributed by atoms with Crippen molar-refractivity contribution in [3.05, 3.63) is 17.7 Å². The lowest BCUT2D eigenvalue weighted by atomic mass is 10.1. The number of ether oxygens (including phenoxy) is 2. The van der Waals surface area contributed by atoms with Crippen molar-refractivity contribution in [2.45, 2.75) is 38.8 Å². The zero-order valence-electron chi connectivity index (χ0n) is 14.6. The first-order valence-electron chi connectivity index (χ1n) is 8.43. The van der Waals surface area contributed by atoms with Crippen LogP contribution >= 0.6 is 0 Å². The lowest BCUT2D eigenvalue weighted by Crippen LogP contribution is -2.50. The Kier molecular flexibility index (Phi) is 4.54. The maximum absolute atomic E-state index is 12.1. The number of aromatic nitrogens is 1. The molecule has 24 heavy (non-hydrogen) atoms. The molecule has 0 bridgehead atoms. The Morgan fingerprint density at radius 3 is 2.67 bits per heavy atom. The average Bonchev–Trinajstić information content (AvgIpc) is 2.53. The quantitative estimate of drug-likeness (QED) is 0.836. The van der Waals surface area contributed by atoms with Gasteiger partial charge in [-0.25, -0.2) is 4.79 Å². The van der Waals surface area contributed by atoms with Gasteiger partial charge in [-0.05, 0) is 39.3 Å². The zero-order chi connectivity index (χ0) is 17.3. The number of hydrogen-bond donors (Lipinski definition) is 1. The Bertz CT molecular complexity index is 606. The van der Waals surface area contributed by atoms with E-state index >= 15 is 0 Å². The molecule has 1 amide bonds. The van der Waals surface area contributed by atoms with E-state index in [2.05, 4.69) is 9.88 Å². The molecule has 0 unspecified atom stereocenters. The molecular weight excluding hydrogens is 308 g/mol. The van der Waals surface area contributed by atoms with Crippen LogP contribution in [-0.2, 0) is 11.2 Å². The van der Waals surface area contributed by atoms with E-state index in [1.807, 2.05) is 32.9 Å². The van der Waals surface area contributed by atoms with E-state index < -0.39 is 5.60 Å². The van der Waals surface area contributed by atoms with E-state index in [1.165, 1.54) is 0 Å². The standard InChI is InChI=1S/C17H26N4O3/c1-17(2,3)24-16(22)21-8-6-20(7-9-21)14-5-4-12-10-13(18)11-23-15(12)19-14/h4-5,13H,6-11,18H2,1-3H3/t13-/m1/s1. The van der Waals surface area contributed by atoms with E-state index in [-0.39, 0.29) is 12.1 Å². The number of carbonyl (C=O) groups is 1. The smallest absolute Gasteiger partial charge is 0.410 e. The predicted octanol–water partition coefficient (Wildman–Crippen LogP) is 1.40. The fraction of sp³-hybridized carbons (Fsp3) is 0.647. The lowest BCUT2D eigenvalue weighted by Gasteiger charge is -2.36. The molecule has 0 aliphatic carbocycles. The SMILES string of the molecule is CC(C)(C)OC(=O)N1CCN(c2ccc3c(n2)OC[C@H](N)C3)CC1. The van der Waals surface area contributed by atoms with E-state index in [0.717, 1.165) is 30.9 Å². The van der Waals surface area contributed by atoms with Crippen LogP contribution in [0.15, 0.2) is 12.1 Å². The first-order chi connectivity index (χ1) is 11.3. The molecule has 0 aromatic carbocycles. The van der Waals surface area contributed by atoms with Gasteiger partial charge in [0, 0.05) is 37.8 Å². The summed E-state index contributed by atoms with van der Waals surface area (Å²) in [4.78, 5) is 20.6. The minimum absolute atomic E-state index is 0.0440. The molecule has 3 heterocycles. The van der Waals surface area contributed by atoms with Crippen LogP contribution in [-0.4, -0.2) is 60.4 Å². The maximum atomic E-state index is 12.1. The van der Waals surface area contributed by atoms with Crippen molar-refractivity contribution < 1.29 is 14.3 Å². The first kappa shape index (κ1) is 16.8. The van der Waals surface area contributed by atoms with Gasteiger partial charge in [-0.1, -0.05) is 0 Å². The number of hydrogen-bond acceptors (Lipinski definition) is 6. The molecule has 1 aromatic rings. The summed E-state index contributed by atoms with van der Waals surface area (Å²) in [6.07, 6.45) is 0.549. The summed E-state index contributed by atoms with van der Waals surface area (Å²) in [7, 11) is 0. The van der Waals surface area contributed by atoms with Crippen LogP contribution in [0.1, 0.15) is 26.3 Å². The number of piperazine rings is 1. The molecule has 132 valence electrons. The molecule has 2 aliphatic rings. The van der Waals surface area contributed by atoms with Crippen molar-refractivity contribution in [3.8, 4) is 5.88 Å². The summed E-state index contributed by atoms with van der Waals surface area (Å²) in [5.41, 5.74) is 6.50. The minimum Gasteiger partial charge on any atom is -0.476 e. The van der Waals surface area contributed by atoms with Gasteiger partial charge >= 0.3 is 6.09 Å². The third kappa shape index (κ3) is 3.90. The fourth-order valence-electron chi connectivity index (χ4n) is 2.89. The molecule has 2 N–H and O–H groups in total. The van der Waals surface area contributed by atoms with Gasteiger partial charge < -0.3 is 25.0 Å². The third-order valence-corrected chi connectivity index (χ3v) is 4.10. The van der Waals surface area contributed by atoms with E-state index in [4.69, 9.17) is 15.2 Å². The molecule has 1 aromatic heterocycles. The Morgan fingerprint density at radius 2 is 2.00 bits per heavy atom. The second kappa shape index (κ2) is 6.47. The van der Waals surface area contributed by atoms with Crippen molar-refractivity contribution in [1.29, 1.82) is 0 Å². The number of anilines is 1. The molecule has 0 spiro atoms. The Morgan fingerprint density at radius 1 is 1.29 bits per heavy atom. The van der Waals surface area contributed by atoms with Gasteiger partial charge in [0.25, 0.3) is 0 Å². The average molecular weight is 334 g/mol. The highest BCUT2D eigenvalue weighted by molar-refractivity contribution is 5.68. The summed E-state index contributed by atoms with van der Waals surface area (Å²) in [6.45, 7) is 8.85. The number of nitrogens with zero attached hydrogens (tertiary/aromatic N) is 3. The van der Waals surface area contributed by atoms with Crippen LogP contribution in [0.3, 0.4) is 0 Å². The third-order valence-electron chi connectivity index (χ3n) is 4.10. The molecule has 1 fully saturated rings. The normalized spacial score (nSPS) is 21.1. The molecule has 0 saturated carbocycles. The van der Waals surface area contributed by atoms with Crippen LogP contribution < -0.4 is 15.4 Å². The second-order valence-corrected chi connectivity index (χ2v) is 7.36. The van der Waals surface area contributed by atoms with Gasteiger partial charge in [0.1, 0.15) is 18.0 Å². The summed E-state index contributed by atoms with van der Waals surface area (Å²) in [6, 6.07) is 4.09. The van der Waals surface area contributed by atoms with Crippen LogP contribution in [0.5, 0.6) is 5.88 Å². The predicted molar refractivity (Wildman–Crippen MR) is 91.4 cm³/mol. The van der Waals surface area contributed by atoms with E-state index in [0.29, 0.717) is 25.6 Å². The van der Waals surface area contributed by atoms with Gasteiger partial charge in [-0.3, -0.25) is 0 Å². The largest absolute Gasteiger partial charge is 0.476 e. The molecule has 1 atom stereocenters. The van der Waals surface area contributed by atoms with Crippen molar-refractivity contribution in [2.24, 2.45) is 5.73 Å². The highest BCUT2D eigenvalue weighted by atomic mass is 16.6. The molecule has 7 heteroatoms. The number of pyridine rings is 1. The maximum Gasteiger partial charge on any atom is 0.410 e. The summed E-state index contributed by atoms with van der Waals surface area (Å²) >= 11 is 0. The summed E-state index contributed by atoms with van der Waals surface area (Å²) in [5, 5.41) is 0. The van der Waals surface area contributed by atoms with Crippen LogP contribution in [0.4, 0.5) is 10.6 Å². The molecule has 7 nitrogen and oxygen atoms in total. The zero-order valence-corrected chi connectivity index (χ0v) is 14.6. The van der Waals surface area contributed by atoms with Crippen molar-refractivity contribution in [1.82, 2.24) is 9.88 Å². The van der Waals surface area contributed by atoms with Crippen LogP contribution in [0.2, 0.25) is 0 Å². The highest BCUT2D eigenvalue weighted by Crippen LogP contribution is 2.26. The minimum atomic E-state index is -0.466. The molecule has 2 aliphatic heterocycles. The first-order valence-corrected chi connectivity index (χ1v) is 8.43. The van der Waals surface area contributed by atoms with Gasteiger partial charge in [0.05, 0.1) is 0 Å². The van der Waals surface area contributed by atoms with Crippen LogP contribution in [0.25, 0.3) is 0 Å². The van der Waals surface area contributed by atoms with Crippen LogP contribution in [0, 0.1) is 0 Å². The number of fused-ring (bicyclic) bond motifs is 1. The van der Waals surface area contributed by atoms with Gasteiger partial charge in [-0.15, -0.1) is 0 Å². The Labute approximate surface area is 142 Å². The highest BCUT2D eigenvalue weighted by Gasteiger charge is 2.27. The van der Waals surface area contributed by atoms with E-state index in [1.54, 1.807) is 4.90 Å². The summed E-state index contributed by atoms with van der Waals surface area (Å²) < 4.78 is 11.1. The molecule has 0 radical (unpaired) electrons. The second-order valence-electron chi connectivity index (χ2n) is 7.36. The fourth-order valence-corrected chi connectivity index (χ4v) is 2.89. The number of nitrogens with two attached hydrogens (primary N) is 1. The van der Waals surface area contributed by atoms with Crippen molar-refractivity contribution in [3.63, 3.8) is 0 Å². The lowest BCUT2D eigenvalue weighted by molar-refractivity contribution is 0.0240. The number of rotatable bonds is 1. The van der Waals surface area contributed by atoms with Gasteiger partial charge in [-0.2, -0.15) is 4.98 Å². The molecule has 1 saturated heterocycles. The van der Waals surface area contributed by atoms with Crippen molar-refractivity contribution in [2.75, 3.05) is 37.7 Å². The number of carbonyl (C=O) groups excluding carboxylic acids is 1. The van der Waals surface area contributed by atoms with Gasteiger partial charge in [0.15, 0.2) is 0 Å². The molecular formula is C17H26N4O3. The Hall–Kier alpha value is -2.02. The molecule has 3 rings (SSSR count). The monoisotopic (exact) mass is 334 g/mol. The van der Waals surface area contributed by atoms with Crippen molar-refractivity contribution >= 4 is 11.9 Å². The Balaban J connectivity index is 1.60. The topological polar surface area (TPSA) is 80.9 Å². The van der Waals surface area contributed by atoms with E-state index in [9.17, 15) is 4.79 Å².